The van der Waals surface area contributed by atoms with Gasteiger partial charge in [0, 0.05) is 18.8 Å². The number of carbonyl (C=O) groups is 1. The van der Waals surface area contributed by atoms with Crippen molar-refractivity contribution in [1.82, 2.24) is 10.6 Å². The van der Waals surface area contributed by atoms with Gasteiger partial charge in [0.2, 0.25) is 0 Å². The van der Waals surface area contributed by atoms with Crippen molar-refractivity contribution in [1.29, 1.82) is 0 Å². The van der Waals surface area contributed by atoms with Crippen LogP contribution in [0.25, 0.3) is 0 Å². The highest BCUT2D eigenvalue weighted by Crippen LogP contribution is 2.50. The molecule has 1 aliphatic carbocycles. The van der Waals surface area contributed by atoms with Crippen molar-refractivity contribution < 1.29 is 9.90 Å². The summed E-state index contributed by atoms with van der Waals surface area (Å²) < 4.78 is 0. The summed E-state index contributed by atoms with van der Waals surface area (Å²) in [5, 5.41) is 16.0. The van der Waals surface area contributed by atoms with Gasteiger partial charge in [0.25, 0.3) is 0 Å². The zero-order chi connectivity index (χ0) is 11.2. The molecule has 3 N–H and O–H groups in total. The Morgan fingerprint density at radius 1 is 1.31 bits per heavy atom. The van der Waals surface area contributed by atoms with Crippen molar-refractivity contribution in [2.45, 2.75) is 30.2 Å². The highest BCUT2D eigenvalue weighted by atomic mass is 32.2. The Kier molecular flexibility index (Phi) is 2.64. The minimum Gasteiger partial charge on any atom is -0.480 e. The smallest absolute Gasteiger partial charge is 0.321 e. The summed E-state index contributed by atoms with van der Waals surface area (Å²) in [7, 11) is 0. The van der Waals surface area contributed by atoms with Gasteiger partial charge in [-0.1, -0.05) is 6.42 Å². The third kappa shape index (κ3) is 1.49. The Balaban J connectivity index is 1.84. The zero-order valence-corrected chi connectivity index (χ0v) is 10.1. The van der Waals surface area contributed by atoms with Crippen LogP contribution in [-0.2, 0) is 4.79 Å². The number of aliphatic carboxylic acids is 1. The first-order chi connectivity index (χ1) is 7.72. The molecule has 1 saturated carbocycles. The van der Waals surface area contributed by atoms with Crippen molar-refractivity contribution in [2.24, 2.45) is 11.8 Å². The van der Waals surface area contributed by atoms with Gasteiger partial charge in [-0.05, 0) is 24.7 Å². The van der Waals surface area contributed by atoms with Gasteiger partial charge in [0.05, 0.1) is 4.87 Å². The third-order valence-electron chi connectivity index (χ3n) is 4.29. The minimum atomic E-state index is -0.694. The molecular weight excluding hydrogens is 224 g/mol. The van der Waals surface area contributed by atoms with Crippen LogP contribution in [0.1, 0.15) is 19.3 Å². The predicted octanol–water partition coefficient (Wildman–Crippen LogP) is 0.492. The molecule has 0 radical (unpaired) electrons. The number of carboxylic acids is 1. The third-order valence-corrected chi connectivity index (χ3v) is 6.05. The SMILES string of the molecule is O=C(O)C1CSC2(N1)C1CCCC2CNC1. The largest absolute Gasteiger partial charge is 0.480 e. The lowest BCUT2D eigenvalue weighted by molar-refractivity contribution is -0.139. The van der Waals surface area contributed by atoms with E-state index in [0.717, 1.165) is 18.8 Å². The van der Waals surface area contributed by atoms with Gasteiger partial charge in [0.15, 0.2) is 0 Å². The summed E-state index contributed by atoms with van der Waals surface area (Å²) in [4.78, 5) is 11.1. The topological polar surface area (TPSA) is 61.4 Å². The molecule has 2 heterocycles. The lowest BCUT2D eigenvalue weighted by Crippen LogP contribution is -2.63. The van der Waals surface area contributed by atoms with Crippen molar-refractivity contribution in [3.63, 3.8) is 0 Å². The molecule has 0 aromatic heterocycles. The van der Waals surface area contributed by atoms with E-state index in [0.29, 0.717) is 11.8 Å². The summed E-state index contributed by atoms with van der Waals surface area (Å²) in [6.07, 6.45) is 3.77. The average molecular weight is 242 g/mol. The lowest BCUT2D eigenvalue weighted by Gasteiger charge is -2.51. The van der Waals surface area contributed by atoms with Crippen molar-refractivity contribution >= 4 is 17.7 Å². The van der Waals surface area contributed by atoms with Crippen molar-refractivity contribution in [3.8, 4) is 0 Å². The molecule has 3 fully saturated rings. The summed E-state index contributed by atoms with van der Waals surface area (Å²) in [5.74, 6) is 1.24. The Bertz CT molecular complexity index is 288. The van der Waals surface area contributed by atoms with E-state index in [1.807, 2.05) is 11.8 Å². The van der Waals surface area contributed by atoms with E-state index in [1.165, 1.54) is 19.3 Å². The maximum Gasteiger partial charge on any atom is 0.321 e. The fraction of sp³-hybridized carbons (Fsp3) is 0.909. The van der Waals surface area contributed by atoms with Crippen LogP contribution in [0, 0.1) is 11.8 Å². The zero-order valence-electron chi connectivity index (χ0n) is 9.24. The first-order valence-corrected chi connectivity index (χ1v) is 7.06. The number of thioether (sulfide) groups is 1. The Morgan fingerprint density at radius 2 is 2.00 bits per heavy atom. The van der Waals surface area contributed by atoms with E-state index in [9.17, 15) is 4.79 Å². The molecule has 2 aliphatic heterocycles. The van der Waals surface area contributed by atoms with Crippen LogP contribution in [-0.4, -0.2) is 40.8 Å². The molecule has 0 aromatic rings. The molecule has 4 nitrogen and oxygen atoms in total. The van der Waals surface area contributed by atoms with Gasteiger partial charge in [-0.15, -0.1) is 11.8 Å². The van der Waals surface area contributed by atoms with Crippen LogP contribution in [0.3, 0.4) is 0 Å². The Morgan fingerprint density at radius 3 is 2.56 bits per heavy atom. The van der Waals surface area contributed by atoms with Gasteiger partial charge in [-0.25, -0.2) is 0 Å². The monoisotopic (exact) mass is 242 g/mol. The number of hydrogen-bond acceptors (Lipinski definition) is 4. The molecule has 3 unspecified atom stereocenters. The molecule has 2 bridgehead atoms. The van der Waals surface area contributed by atoms with E-state index in [-0.39, 0.29) is 10.9 Å². The van der Waals surface area contributed by atoms with Gasteiger partial charge < -0.3 is 10.4 Å². The normalized spacial score (nSPS) is 47.1. The van der Waals surface area contributed by atoms with Gasteiger partial charge in [-0.2, -0.15) is 0 Å². The first-order valence-electron chi connectivity index (χ1n) is 6.07. The molecule has 90 valence electrons. The predicted molar refractivity (Wildman–Crippen MR) is 63.4 cm³/mol. The highest BCUT2D eigenvalue weighted by Gasteiger charge is 2.54. The van der Waals surface area contributed by atoms with Crippen molar-refractivity contribution in [2.75, 3.05) is 18.8 Å². The van der Waals surface area contributed by atoms with Gasteiger partial charge in [-0.3, -0.25) is 10.1 Å². The highest BCUT2D eigenvalue weighted by molar-refractivity contribution is 8.01. The maximum absolute atomic E-state index is 11.1. The average Bonchev–Trinajstić information content (AvgIpc) is 2.63. The Hall–Kier alpha value is -0.260. The molecule has 3 atom stereocenters. The molecule has 1 spiro atoms. The number of rotatable bonds is 1. The first kappa shape index (κ1) is 10.9. The molecule has 2 saturated heterocycles. The molecule has 3 aliphatic rings. The number of nitrogens with one attached hydrogen (secondary N) is 2. The second kappa shape index (κ2) is 3.89. The van der Waals surface area contributed by atoms with Crippen molar-refractivity contribution in [3.05, 3.63) is 0 Å². The number of carboxylic acid groups (broad SMARTS) is 1. The minimum absolute atomic E-state index is 0.0621. The van der Waals surface area contributed by atoms with E-state index in [1.54, 1.807) is 0 Å². The standard InChI is InChI=1S/C11H18N2O2S/c14-10(15)9-6-16-11(13-9)7-2-1-3-8(11)5-12-4-7/h7-9,12-13H,1-6H2,(H,14,15). The second-order valence-electron chi connectivity index (χ2n) is 5.12. The number of hydrogen-bond donors (Lipinski definition) is 3. The summed E-state index contributed by atoms with van der Waals surface area (Å²) >= 11 is 1.86. The number of piperidine rings is 1. The van der Waals surface area contributed by atoms with Crippen LogP contribution < -0.4 is 10.6 Å². The van der Waals surface area contributed by atoms with E-state index in [2.05, 4.69) is 10.6 Å². The Labute approximate surface area is 99.5 Å². The summed E-state index contributed by atoms with van der Waals surface area (Å²) in [6, 6.07) is -0.341. The lowest BCUT2D eigenvalue weighted by atomic mass is 9.73. The fourth-order valence-corrected chi connectivity index (χ4v) is 5.26. The van der Waals surface area contributed by atoms with E-state index < -0.39 is 5.97 Å². The fourth-order valence-electron chi connectivity index (χ4n) is 3.49. The quantitative estimate of drug-likeness (QED) is 0.625. The summed E-state index contributed by atoms with van der Waals surface area (Å²) in [6.45, 7) is 2.09. The molecular formula is C11H18N2O2S. The van der Waals surface area contributed by atoms with Crippen LogP contribution in [0.15, 0.2) is 0 Å². The molecule has 3 rings (SSSR count). The maximum atomic E-state index is 11.1. The van der Waals surface area contributed by atoms with Gasteiger partial charge >= 0.3 is 5.97 Å². The van der Waals surface area contributed by atoms with Gasteiger partial charge in [0.1, 0.15) is 6.04 Å². The van der Waals surface area contributed by atoms with Crippen LogP contribution in [0.4, 0.5) is 0 Å². The van der Waals surface area contributed by atoms with Crippen LogP contribution in [0.5, 0.6) is 0 Å². The van der Waals surface area contributed by atoms with E-state index in [4.69, 9.17) is 5.11 Å². The second-order valence-corrected chi connectivity index (χ2v) is 6.42. The molecule has 16 heavy (non-hydrogen) atoms. The van der Waals surface area contributed by atoms with Crippen LogP contribution in [0.2, 0.25) is 0 Å². The van der Waals surface area contributed by atoms with Crippen LogP contribution >= 0.6 is 11.8 Å². The molecule has 5 heteroatoms. The molecule has 0 amide bonds. The van der Waals surface area contributed by atoms with E-state index >= 15 is 0 Å². The molecule has 0 aromatic carbocycles. The summed E-state index contributed by atoms with van der Waals surface area (Å²) in [5.41, 5.74) is 0.